The Kier molecular flexibility index (Phi) is 3.96. The first kappa shape index (κ1) is 14.1. The van der Waals surface area contributed by atoms with Crippen LogP contribution in [0.5, 0.6) is 5.75 Å². The lowest BCUT2D eigenvalue weighted by atomic mass is 10.0. The molecule has 1 aliphatic heterocycles. The minimum absolute atomic E-state index is 0.292. The fourth-order valence-corrected chi connectivity index (χ4v) is 4.06. The Balaban J connectivity index is 1.54. The number of hydrogen-bond donors (Lipinski definition) is 1. The van der Waals surface area contributed by atoms with Gasteiger partial charge in [0.25, 0.3) is 0 Å². The van der Waals surface area contributed by atoms with Crippen molar-refractivity contribution in [2.24, 2.45) is 5.92 Å². The van der Waals surface area contributed by atoms with E-state index in [-0.39, 0.29) is 0 Å². The fraction of sp³-hybridized carbons (Fsp3) is 0.400. The van der Waals surface area contributed by atoms with Crippen molar-refractivity contribution in [2.45, 2.75) is 12.8 Å². The van der Waals surface area contributed by atoms with E-state index in [1.54, 1.807) is 6.20 Å². The Morgan fingerprint density at radius 2 is 1.86 bits per heavy atom. The molecule has 21 heavy (non-hydrogen) atoms. The van der Waals surface area contributed by atoms with Crippen LogP contribution in [0.3, 0.4) is 0 Å². The molecule has 112 valence electrons. The molecule has 1 fully saturated rings. The number of aromatic nitrogens is 2. The average Bonchev–Trinajstić information content (AvgIpc) is 3.01. The maximum Gasteiger partial charge on any atom is 0.150 e. The minimum atomic E-state index is -2.79. The van der Waals surface area contributed by atoms with E-state index < -0.39 is 9.84 Å². The van der Waals surface area contributed by atoms with Gasteiger partial charge in [-0.25, -0.2) is 8.42 Å². The lowest BCUT2D eigenvalue weighted by Gasteiger charge is -2.22. The first-order chi connectivity index (χ1) is 10.1. The monoisotopic (exact) mass is 306 g/mol. The molecule has 1 aromatic carbocycles. The maximum absolute atomic E-state index is 11.4. The molecule has 2 aromatic rings. The molecule has 0 spiro atoms. The molecule has 0 bridgehead atoms. The normalized spacial score (nSPS) is 18.5. The average molecular weight is 306 g/mol. The van der Waals surface area contributed by atoms with E-state index in [1.165, 1.54) is 0 Å². The Bertz CT molecular complexity index is 664. The van der Waals surface area contributed by atoms with Gasteiger partial charge in [0.2, 0.25) is 0 Å². The highest BCUT2D eigenvalue weighted by Crippen LogP contribution is 2.23. The van der Waals surface area contributed by atoms with E-state index >= 15 is 0 Å². The lowest BCUT2D eigenvalue weighted by Crippen LogP contribution is -2.26. The van der Waals surface area contributed by atoms with Crippen molar-refractivity contribution in [1.29, 1.82) is 0 Å². The van der Waals surface area contributed by atoms with E-state index in [4.69, 9.17) is 4.74 Å². The summed E-state index contributed by atoms with van der Waals surface area (Å²) in [5.74, 6) is 1.73. The second-order valence-electron chi connectivity index (χ2n) is 5.42. The smallest absolute Gasteiger partial charge is 0.150 e. The number of hydrogen-bond acceptors (Lipinski definition) is 4. The third kappa shape index (κ3) is 3.64. The molecule has 6 heteroatoms. The highest BCUT2D eigenvalue weighted by molar-refractivity contribution is 7.91. The number of sulfone groups is 1. The third-order valence-corrected chi connectivity index (χ3v) is 5.56. The highest BCUT2D eigenvalue weighted by Gasteiger charge is 2.23. The molecule has 0 amide bonds. The summed E-state index contributed by atoms with van der Waals surface area (Å²) in [6.45, 7) is 0.584. The van der Waals surface area contributed by atoms with Crippen LogP contribution >= 0.6 is 0 Å². The lowest BCUT2D eigenvalue weighted by molar-refractivity contribution is 0.238. The zero-order valence-electron chi connectivity index (χ0n) is 11.7. The van der Waals surface area contributed by atoms with Gasteiger partial charge in [-0.05, 0) is 36.5 Å². The van der Waals surface area contributed by atoms with Crippen LogP contribution in [0.15, 0.2) is 36.7 Å². The van der Waals surface area contributed by atoms with Gasteiger partial charge in [0, 0.05) is 11.8 Å². The van der Waals surface area contributed by atoms with Crippen molar-refractivity contribution >= 4 is 9.84 Å². The molecular formula is C15H18N2O3S. The molecule has 1 saturated heterocycles. The van der Waals surface area contributed by atoms with Gasteiger partial charge < -0.3 is 4.74 Å². The number of nitrogens with one attached hydrogen (secondary N) is 1. The van der Waals surface area contributed by atoms with Gasteiger partial charge in [-0.3, -0.25) is 5.10 Å². The SMILES string of the molecule is O=S1(=O)CCC(COc2ccc(-c3cn[nH]c3)cc2)CC1. The van der Waals surface area contributed by atoms with Crippen molar-refractivity contribution in [1.82, 2.24) is 10.2 Å². The number of rotatable bonds is 4. The predicted octanol–water partition coefficient (Wildman–Crippen LogP) is 2.28. The van der Waals surface area contributed by atoms with E-state index in [1.807, 2.05) is 30.5 Å². The zero-order valence-corrected chi connectivity index (χ0v) is 12.5. The summed E-state index contributed by atoms with van der Waals surface area (Å²) < 4.78 is 28.5. The second-order valence-corrected chi connectivity index (χ2v) is 7.72. The van der Waals surface area contributed by atoms with Crippen LogP contribution in [0.1, 0.15) is 12.8 Å². The van der Waals surface area contributed by atoms with E-state index in [0.717, 1.165) is 16.9 Å². The Morgan fingerprint density at radius 3 is 2.48 bits per heavy atom. The van der Waals surface area contributed by atoms with Gasteiger partial charge in [0.05, 0.1) is 24.3 Å². The molecule has 3 rings (SSSR count). The van der Waals surface area contributed by atoms with Crippen molar-refractivity contribution in [3.05, 3.63) is 36.7 Å². The molecule has 0 radical (unpaired) electrons. The van der Waals surface area contributed by atoms with Gasteiger partial charge in [-0.1, -0.05) is 12.1 Å². The van der Waals surface area contributed by atoms with Crippen LogP contribution in [-0.2, 0) is 9.84 Å². The van der Waals surface area contributed by atoms with Crippen molar-refractivity contribution < 1.29 is 13.2 Å². The Hall–Kier alpha value is -1.82. The van der Waals surface area contributed by atoms with Crippen LogP contribution in [0.25, 0.3) is 11.1 Å². The number of ether oxygens (including phenoxy) is 1. The largest absolute Gasteiger partial charge is 0.493 e. The van der Waals surface area contributed by atoms with Crippen molar-refractivity contribution in [2.75, 3.05) is 18.1 Å². The molecule has 0 unspecified atom stereocenters. The summed E-state index contributed by atoms with van der Waals surface area (Å²) in [5.41, 5.74) is 2.12. The van der Waals surface area contributed by atoms with Gasteiger partial charge in [0.1, 0.15) is 15.6 Å². The summed E-state index contributed by atoms with van der Waals surface area (Å²) in [6, 6.07) is 7.85. The van der Waals surface area contributed by atoms with E-state index in [0.29, 0.717) is 36.9 Å². The van der Waals surface area contributed by atoms with Crippen molar-refractivity contribution in [3.63, 3.8) is 0 Å². The fourth-order valence-electron chi connectivity index (χ4n) is 2.47. The van der Waals surface area contributed by atoms with Gasteiger partial charge in [-0.2, -0.15) is 5.10 Å². The number of aromatic amines is 1. The molecule has 1 aliphatic rings. The quantitative estimate of drug-likeness (QED) is 0.940. The molecule has 0 saturated carbocycles. The first-order valence-electron chi connectivity index (χ1n) is 7.05. The molecule has 2 heterocycles. The second kappa shape index (κ2) is 5.89. The molecule has 5 nitrogen and oxygen atoms in total. The van der Waals surface area contributed by atoms with Crippen LogP contribution in [0, 0.1) is 5.92 Å². The zero-order chi connectivity index (χ0) is 14.7. The van der Waals surface area contributed by atoms with E-state index in [9.17, 15) is 8.42 Å². The maximum atomic E-state index is 11.4. The molecule has 1 aromatic heterocycles. The Morgan fingerprint density at radius 1 is 1.14 bits per heavy atom. The molecule has 0 aliphatic carbocycles. The minimum Gasteiger partial charge on any atom is -0.493 e. The predicted molar refractivity (Wildman–Crippen MR) is 80.9 cm³/mol. The van der Waals surface area contributed by atoms with Gasteiger partial charge in [-0.15, -0.1) is 0 Å². The van der Waals surface area contributed by atoms with Gasteiger partial charge >= 0.3 is 0 Å². The van der Waals surface area contributed by atoms with Crippen LogP contribution < -0.4 is 4.74 Å². The third-order valence-electron chi connectivity index (χ3n) is 3.85. The topological polar surface area (TPSA) is 72.1 Å². The summed E-state index contributed by atoms with van der Waals surface area (Å²) >= 11 is 0. The number of H-pyrrole nitrogens is 1. The van der Waals surface area contributed by atoms with Crippen LogP contribution in [0.4, 0.5) is 0 Å². The van der Waals surface area contributed by atoms with Gasteiger partial charge in [0.15, 0.2) is 0 Å². The van der Waals surface area contributed by atoms with Crippen LogP contribution in [0.2, 0.25) is 0 Å². The Labute approximate surface area is 124 Å². The van der Waals surface area contributed by atoms with Crippen molar-refractivity contribution in [3.8, 4) is 16.9 Å². The molecule has 1 N–H and O–H groups in total. The summed E-state index contributed by atoms with van der Waals surface area (Å²) in [7, 11) is -2.79. The summed E-state index contributed by atoms with van der Waals surface area (Å²) in [4.78, 5) is 0. The summed E-state index contributed by atoms with van der Waals surface area (Å²) in [5, 5.41) is 6.71. The highest BCUT2D eigenvalue weighted by atomic mass is 32.2. The number of nitrogens with zero attached hydrogens (tertiary/aromatic N) is 1. The van der Waals surface area contributed by atoms with Crippen LogP contribution in [-0.4, -0.2) is 36.7 Å². The molecule has 0 atom stereocenters. The number of benzene rings is 1. The first-order valence-corrected chi connectivity index (χ1v) is 8.87. The summed E-state index contributed by atoms with van der Waals surface area (Å²) in [6.07, 6.45) is 5.03. The standard InChI is InChI=1S/C15H18N2O3S/c18-21(19)7-5-12(6-8-21)11-20-15-3-1-13(2-4-15)14-9-16-17-10-14/h1-4,9-10,12H,5-8,11H2,(H,16,17). The molecular weight excluding hydrogens is 288 g/mol. The van der Waals surface area contributed by atoms with E-state index in [2.05, 4.69) is 10.2 Å².